The van der Waals surface area contributed by atoms with Gasteiger partial charge < -0.3 is 9.42 Å². The lowest BCUT2D eigenvalue weighted by atomic mass is 9.92. The largest absolute Gasteiger partial charge is 0.342 e. The van der Waals surface area contributed by atoms with Gasteiger partial charge in [0.05, 0.1) is 21.5 Å². The fourth-order valence-electron chi connectivity index (χ4n) is 4.02. The number of benzene rings is 2. The van der Waals surface area contributed by atoms with E-state index in [1.54, 1.807) is 18.2 Å². The monoisotopic (exact) mass is 443 g/mol. The summed E-state index contributed by atoms with van der Waals surface area (Å²) in [6.45, 7) is 3.41. The molecule has 0 N–H and O–H groups in total. The van der Waals surface area contributed by atoms with Crippen molar-refractivity contribution in [1.29, 1.82) is 0 Å². The first kappa shape index (κ1) is 20.9. The van der Waals surface area contributed by atoms with Crippen molar-refractivity contribution in [2.45, 2.75) is 38.0 Å². The third-order valence-corrected chi connectivity index (χ3v) is 6.32. The van der Waals surface area contributed by atoms with Crippen LogP contribution < -0.4 is 0 Å². The molecule has 0 bridgehead atoms. The van der Waals surface area contributed by atoms with Gasteiger partial charge in [-0.2, -0.15) is 4.98 Å². The van der Waals surface area contributed by atoms with Gasteiger partial charge in [0.25, 0.3) is 0 Å². The molecule has 1 fully saturated rings. The van der Waals surface area contributed by atoms with Gasteiger partial charge in [-0.25, -0.2) is 0 Å². The quantitative estimate of drug-likeness (QED) is 0.489. The number of carbonyl (C=O) groups is 1. The second-order valence-electron chi connectivity index (χ2n) is 7.52. The average Bonchev–Trinajstić information content (AvgIpc) is 3.25. The van der Waals surface area contributed by atoms with Crippen LogP contribution in [0.15, 0.2) is 53.1 Å². The molecule has 2 heterocycles. The van der Waals surface area contributed by atoms with E-state index < -0.39 is 0 Å². The number of rotatable bonds is 5. The first-order valence-electron chi connectivity index (χ1n) is 10.2. The molecule has 1 saturated heterocycles. The van der Waals surface area contributed by atoms with Crippen LogP contribution in [0.25, 0.3) is 11.4 Å². The molecule has 156 valence electrons. The summed E-state index contributed by atoms with van der Waals surface area (Å²) < 4.78 is 5.52. The third-order valence-electron chi connectivity index (χ3n) is 5.69. The van der Waals surface area contributed by atoms with Crippen molar-refractivity contribution in [3.05, 3.63) is 70.0 Å². The van der Waals surface area contributed by atoms with Gasteiger partial charge in [0.1, 0.15) is 0 Å². The predicted octanol–water partition coefficient (Wildman–Crippen LogP) is 5.94. The first-order chi connectivity index (χ1) is 14.6. The van der Waals surface area contributed by atoms with Gasteiger partial charge in [-0.05, 0) is 37.0 Å². The lowest BCUT2D eigenvalue weighted by Gasteiger charge is -2.33. The van der Waals surface area contributed by atoms with Gasteiger partial charge in [-0.15, -0.1) is 0 Å². The van der Waals surface area contributed by atoms with Gasteiger partial charge in [0, 0.05) is 19.0 Å². The Kier molecular flexibility index (Phi) is 6.40. The fraction of sp³-hybridized carbons (Fsp3) is 0.348. The van der Waals surface area contributed by atoms with E-state index in [2.05, 4.69) is 17.1 Å². The van der Waals surface area contributed by atoms with E-state index in [0.29, 0.717) is 40.4 Å². The lowest BCUT2D eigenvalue weighted by molar-refractivity contribution is -0.134. The number of amides is 1. The molecule has 0 unspecified atom stereocenters. The Labute approximate surface area is 186 Å². The topological polar surface area (TPSA) is 59.2 Å². The highest BCUT2D eigenvalue weighted by Gasteiger charge is 2.31. The molecule has 2 aromatic carbocycles. The molecule has 1 aromatic heterocycles. The molecule has 0 saturated carbocycles. The number of carbonyl (C=O) groups excluding carboxylic acids is 1. The van der Waals surface area contributed by atoms with Crippen LogP contribution in [-0.4, -0.2) is 34.0 Å². The Morgan fingerprint density at radius 3 is 2.40 bits per heavy atom. The highest BCUT2D eigenvalue weighted by molar-refractivity contribution is 6.38. The number of nitrogens with zero attached hydrogens (tertiary/aromatic N) is 3. The normalized spacial score (nSPS) is 15.9. The van der Waals surface area contributed by atoms with Crippen LogP contribution >= 0.6 is 23.2 Å². The molecule has 0 aliphatic carbocycles. The number of aromatic nitrogens is 2. The molecule has 5 nitrogen and oxygen atoms in total. The van der Waals surface area contributed by atoms with Crippen LogP contribution in [0.4, 0.5) is 0 Å². The van der Waals surface area contributed by atoms with Crippen LogP contribution in [0.3, 0.4) is 0 Å². The second kappa shape index (κ2) is 9.19. The zero-order valence-electron chi connectivity index (χ0n) is 16.7. The molecule has 1 atom stereocenters. The van der Waals surface area contributed by atoms with Crippen LogP contribution in [0.5, 0.6) is 0 Å². The summed E-state index contributed by atoms with van der Waals surface area (Å²) in [4.78, 5) is 19.6. The Hall–Kier alpha value is -2.37. The predicted molar refractivity (Wildman–Crippen MR) is 118 cm³/mol. The molecule has 0 spiro atoms. The van der Waals surface area contributed by atoms with E-state index in [4.69, 9.17) is 27.7 Å². The molecule has 4 rings (SSSR count). The maximum Gasteiger partial charge on any atom is 0.230 e. The number of hydrogen-bond acceptors (Lipinski definition) is 4. The fourth-order valence-corrected chi connectivity index (χ4v) is 4.59. The van der Waals surface area contributed by atoms with Crippen molar-refractivity contribution in [2.75, 3.05) is 13.1 Å². The summed E-state index contributed by atoms with van der Waals surface area (Å²) in [7, 11) is 0. The summed E-state index contributed by atoms with van der Waals surface area (Å²) in [6, 6.07) is 15.3. The minimum atomic E-state index is -0.0971. The van der Waals surface area contributed by atoms with Gasteiger partial charge in [-0.1, -0.05) is 71.7 Å². The second-order valence-corrected chi connectivity index (χ2v) is 8.34. The number of piperidine rings is 1. The van der Waals surface area contributed by atoms with E-state index >= 15 is 0 Å². The zero-order valence-corrected chi connectivity index (χ0v) is 18.2. The molecule has 7 heteroatoms. The molecular weight excluding hydrogens is 421 g/mol. The van der Waals surface area contributed by atoms with Crippen molar-refractivity contribution in [1.82, 2.24) is 15.0 Å². The highest BCUT2D eigenvalue weighted by Crippen LogP contribution is 2.35. The SMILES string of the molecule is CC[C@@H](C(=O)N1CCC(c2nc(-c3c(Cl)cccc3Cl)no2)CC1)c1ccccc1. The van der Waals surface area contributed by atoms with Crippen molar-refractivity contribution in [2.24, 2.45) is 0 Å². The van der Waals surface area contributed by atoms with Crippen molar-refractivity contribution in [3.63, 3.8) is 0 Å². The first-order valence-corrected chi connectivity index (χ1v) is 11.0. The van der Waals surface area contributed by atoms with Crippen LogP contribution in [0.2, 0.25) is 10.0 Å². The summed E-state index contributed by atoms with van der Waals surface area (Å²) in [6.07, 6.45) is 2.36. The maximum absolute atomic E-state index is 13.1. The van der Waals surface area contributed by atoms with Gasteiger partial charge in [-0.3, -0.25) is 4.79 Å². The van der Waals surface area contributed by atoms with Gasteiger partial charge >= 0.3 is 0 Å². The highest BCUT2D eigenvalue weighted by atomic mass is 35.5. The van der Waals surface area contributed by atoms with Gasteiger partial charge in [0.2, 0.25) is 17.6 Å². The number of halogens is 2. The Bertz CT molecular complexity index is 994. The Balaban J connectivity index is 1.43. The molecule has 3 aromatic rings. The van der Waals surface area contributed by atoms with Crippen molar-refractivity contribution >= 4 is 29.1 Å². The van der Waals surface area contributed by atoms with E-state index in [0.717, 1.165) is 24.8 Å². The summed E-state index contributed by atoms with van der Waals surface area (Å²) >= 11 is 12.5. The molecule has 1 aliphatic heterocycles. The molecule has 1 amide bonds. The van der Waals surface area contributed by atoms with E-state index in [1.807, 2.05) is 35.2 Å². The summed E-state index contributed by atoms with van der Waals surface area (Å²) in [5.74, 6) is 1.18. The van der Waals surface area contributed by atoms with Crippen molar-refractivity contribution in [3.8, 4) is 11.4 Å². The lowest BCUT2D eigenvalue weighted by Crippen LogP contribution is -2.40. The summed E-state index contributed by atoms with van der Waals surface area (Å²) in [5, 5.41) is 5.06. The molecule has 30 heavy (non-hydrogen) atoms. The maximum atomic E-state index is 13.1. The van der Waals surface area contributed by atoms with Crippen LogP contribution in [0, 0.1) is 0 Å². The smallest absolute Gasteiger partial charge is 0.230 e. The van der Waals surface area contributed by atoms with E-state index in [1.165, 1.54) is 0 Å². The van der Waals surface area contributed by atoms with Crippen LogP contribution in [0.1, 0.15) is 49.5 Å². The van der Waals surface area contributed by atoms with Gasteiger partial charge in [0.15, 0.2) is 0 Å². The minimum absolute atomic E-state index is 0.0971. The molecule has 0 radical (unpaired) electrons. The molecular formula is C23H23Cl2N3O2. The van der Waals surface area contributed by atoms with E-state index in [9.17, 15) is 4.79 Å². The minimum Gasteiger partial charge on any atom is -0.342 e. The Morgan fingerprint density at radius 2 is 1.77 bits per heavy atom. The number of likely N-dealkylation sites (tertiary alicyclic amines) is 1. The van der Waals surface area contributed by atoms with E-state index in [-0.39, 0.29) is 17.7 Å². The van der Waals surface area contributed by atoms with Crippen LogP contribution in [-0.2, 0) is 4.79 Å². The third kappa shape index (κ3) is 4.23. The average molecular weight is 444 g/mol. The van der Waals surface area contributed by atoms with Crippen molar-refractivity contribution < 1.29 is 9.32 Å². The number of hydrogen-bond donors (Lipinski definition) is 0. The zero-order chi connectivity index (χ0) is 21.1. The Morgan fingerprint density at radius 1 is 1.10 bits per heavy atom. The molecule has 1 aliphatic rings. The summed E-state index contributed by atoms with van der Waals surface area (Å²) in [5.41, 5.74) is 1.65. The standard InChI is InChI=1S/C23H23Cl2N3O2/c1-2-17(15-7-4-3-5-8-15)23(29)28-13-11-16(12-14-28)22-26-21(27-30-22)20-18(24)9-6-10-19(20)25/h3-10,16-17H,2,11-14H2,1H3/t17-/m1/s1.